The van der Waals surface area contributed by atoms with E-state index in [-0.39, 0.29) is 17.0 Å². The third-order valence-corrected chi connectivity index (χ3v) is 6.76. The molecule has 0 radical (unpaired) electrons. The van der Waals surface area contributed by atoms with Gasteiger partial charge in [0.25, 0.3) is 0 Å². The first-order valence-electron chi connectivity index (χ1n) is 13.0. The van der Waals surface area contributed by atoms with Gasteiger partial charge in [0.1, 0.15) is 5.75 Å². The van der Waals surface area contributed by atoms with Gasteiger partial charge < -0.3 is 24.4 Å². The highest BCUT2D eigenvalue weighted by Gasteiger charge is 2.15. The number of carbonyl (C=O) groups excluding carboxylic acids is 1. The van der Waals surface area contributed by atoms with Crippen LogP contribution in [-0.4, -0.2) is 65.6 Å². The second kappa shape index (κ2) is 16.5. The SMILES string of the molecule is CS(=O)(=O)Nc1cc([C@@H](O)CNCCCCCCCOCCCc2cccc(C(=O)OS(N)(=O)=O)c2)ccc1O. The number of phenols is 1. The van der Waals surface area contributed by atoms with Crippen LogP contribution in [0, 0.1) is 0 Å². The molecule has 0 fully saturated rings. The summed E-state index contributed by atoms with van der Waals surface area (Å²) >= 11 is 0. The van der Waals surface area contributed by atoms with Crippen molar-refractivity contribution < 1.29 is 40.8 Å². The van der Waals surface area contributed by atoms with E-state index in [4.69, 9.17) is 9.88 Å². The third kappa shape index (κ3) is 14.1. The standard InChI is InChI=1S/C26H39N3O9S2/c1-39(33,34)29-23-18-21(12-13-24(23)30)25(31)19-28-14-5-3-2-4-6-15-37-16-8-10-20-9-7-11-22(17-20)26(32)38-40(27,35)36/h7,9,11-13,17-18,25,28-31H,2-6,8,10,14-16,19H2,1H3,(H2,27,35,36)/t25-/m0/s1. The molecule has 0 aliphatic rings. The molecule has 2 aromatic carbocycles. The van der Waals surface area contributed by atoms with Crippen molar-refractivity contribution in [3.8, 4) is 5.75 Å². The van der Waals surface area contributed by atoms with Crippen LogP contribution in [0.5, 0.6) is 5.75 Å². The number of hydrogen-bond acceptors (Lipinski definition) is 10. The summed E-state index contributed by atoms with van der Waals surface area (Å²) in [4.78, 5) is 11.8. The zero-order valence-electron chi connectivity index (χ0n) is 22.5. The van der Waals surface area contributed by atoms with Crippen molar-refractivity contribution >= 4 is 32.0 Å². The summed E-state index contributed by atoms with van der Waals surface area (Å²) < 4.78 is 56.7. The lowest BCUT2D eigenvalue weighted by atomic mass is 10.1. The summed E-state index contributed by atoms with van der Waals surface area (Å²) in [6.45, 7) is 2.28. The molecule has 2 aromatic rings. The Labute approximate surface area is 236 Å². The smallest absolute Gasteiger partial charge is 0.382 e. The number of carbonyl (C=O) groups is 1. The fourth-order valence-corrected chi connectivity index (χ4v) is 4.74. The van der Waals surface area contributed by atoms with Gasteiger partial charge in [-0.2, -0.15) is 13.6 Å². The topological polar surface area (TPSA) is 194 Å². The van der Waals surface area contributed by atoms with Crippen LogP contribution in [0.2, 0.25) is 0 Å². The van der Waals surface area contributed by atoms with Crippen LogP contribution in [0.3, 0.4) is 0 Å². The molecule has 0 saturated heterocycles. The predicted octanol–water partition coefficient (Wildman–Crippen LogP) is 2.35. The number of aliphatic hydroxyl groups is 1. The molecule has 0 spiro atoms. The van der Waals surface area contributed by atoms with E-state index in [2.05, 4.69) is 14.2 Å². The summed E-state index contributed by atoms with van der Waals surface area (Å²) in [7, 11) is -7.89. The number of aromatic hydroxyl groups is 1. The number of aliphatic hydroxyl groups excluding tert-OH is 1. The Morgan fingerprint density at radius 2 is 1.68 bits per heavy atom. The largest absolute Gasteiger partial charge is 0.506 e. The summed E-state index contributed by atoms with van der Waals surface area (Å²) in [5.41, 5.74) is 1.51. The fourth-order valence-electron chi connectivity index (χ4n) is 3.87. The predicted molar refractivity (Wildman–Crippen MR) is 152 cm³/mol. The van der Waals surface area contributed by atoms with Gasteiger partial charge in [-0.1, -0.05) is 37.5 Å². The number of benzene rings is 2. The molecule has 1 atom stereocenters. The Morgan fingerprint density at radius 1 is 0.975 bits per heavy atom. The number of anilines is 1. The molecule has 12 nitrogen and oxygen atoms in total. The lowest BCUT2D eigenvalue weighted by Gasteiger charge is -2.14. The van der Waals surface area contributed by atoms with Crippen molar-refractivity contribution in [3.05, 3.63) is 59.2 Å². The first-order valence-corrected chi connectivity index (χ1v) is 16.3. The van der Waals surface area contributed by atoms with Crippen LogP contribution in [0.15, 0.2) is 42.5 Å². The maximum Gasteiger partial charge on any atom is 0.382 e. The van der Waals surface area contributed by atoms with Gasteiger partial charge in [0.15, 0.2) is 0 Å². The molecule has 0 unspecified atom stereocenters. The molecule has 0 saturated carbocycles. The molecule has 0 bridgehead atoms. The van der Waals surface area contributed by atoms with Gasteiger partial charge in [-0.3, -0.25) is 4.72 Å². The quantitative estimate of drug-likeness (QED) is 0.118. The van der Waals surface area contributed by atoms with Gasteiger partial charge in [-0.25, -0.2) is 13.2 Å². The minimum atomic E-state index is -4.35. The zero-order chi connectivity index (χ0) is 29.6. The number of nitrogens with two attached hydrogens (primary N) is 1. The van der Waals surface area contributed by atoms with Crippen molar-refractivity contribution in [1.29, 1.82) is 0 Å². The van der Waals surface area contributed by atoms with Crippen molar-refractivity contribution in [2.75, 3.05) is 37.3 Å². The van der Waals surface area contributed by atoms with E-state index >= 15 is 0 Å². The Morgan fingerprint density at radius 3 is 2.40 bits per heavy atom. The minimum absolute atomic E-state index is 0.0290. The van der Waals surface area contributed by atoms with Crippen LogP contribution in [-0.2, 0) is 35.7 Å². The minimum Gasteiger partial charge on any atom is -0.506 e. The highest BCUT2D eigenvalue weighted by Crippen LogP contribution is 2.27. The van der Waals surface area contributed by atoms with E-state index in [1.54, 1.807) is 18.2 Å². The van der Waals surface area contributed by atoms with Crippen molar-refractivity contribution in [3.63, 3.8) is 0 Å². The lowest BCUT2D eigenvalue weighted by molar-refractivity contribution is 0.0746. The van der Waals surface area contributed by atoms with Crippen molar-refractivity contribution in [1.82, 2.24) is 5.32 Å². The second-order valence-electron chi connectivity index (χ2n) is 9.42. The molecule has 6 N–H and O–H groups in total. The fraction of sp³-hybridized carbons (Fsp3) is 0.500. The molecule has 0 heterocycles. The maximum absolute atomic E-state index is 11.8. The first-order chi connectivity index (χ1) is 18.8. The Hall–Kier alpha value is -2.75. The Balaban J connectivity index is 1.50. The molecule has 14 heteroatoms. The number of aryl methyl sites for hydroxylation is 1. The van der Waals surface area contributed by atoms with Crippen LogP contribution >= 0.6 is 0 Å². The van der Waals surface area contributed by atoms with E-state index < -0.39 is 32.4 Å². The van der Waals surface area contributed by atoms with Gasteiger partial charge in [-0.15, -0.1) is 0 Å². The van der Waals surface area contributed by atoms with Crippen LogP contribution in [0.1, 0.15) is 66.1 Å². The highest BCUT2D eigenvalue weighted by atomic mass is 32.2. The number of nitrogens with one attached hydrogen (secondary N) is 2. The zero-order valence-corrected chi connectivity index (χ0v) is 24.2. The molecule has 0 aromatic heterocycles. The second-order valence-corrected chi connectivity index (χ2v) is 12.3. The van der Waals surface area contributed by atoms with Gasteiger partial charge in [-0.05, 0) is 67.6 Å². The molecular weight excluding hydrogens is 562 g/mol. The maximum atomic E-state index is 11.8. The molecule has 224 valence electrons. The molecule has 40 heavy (non-hydrogen) atoms. The van der Waals surface area contributed by atoms with E-state index in [0.29, 0.717) is 31.7 Å². The van der Waals surface area contributed by atoms with E-state index in [1.165, 1.54) is 18.2 Å². The highest BCUT2D eigenvalue weighted by molar-refractivity contribution is 7.92. The summed E-state index contributed by atoms with van der Waals surface area (Å²) in [6, 6.07) is 10.8. The molecule has 2 rings (SSSR count). The van der Waals surface area contributed by atoms with Gasteiger partial charge in [0, 0.05) is 19.8 Å². The number of sulfonamides is 1. The average molecular weight is 602 g/mol. The number of hydrogen-bond donors (Lipinski definition) is 5. The van der Waals surface area contributed by atoms with Gasteiger partial charge in [0.2, 0.25) is 10.0 Å². The van der Waals surface area contributed by atoms with E-state index in [0.717, 1.165) is 56.9 Å². The Bertz CT molecular complexity index is 1300. The van der Waals surface area contributed by atoms with E-state index in [9.17, 15) is 31.8 Å². The number of rotatable bonds is 19. The molecule has 0 aliphatic heterocycles. The molecule has 0 amide bonds. The van der Waals surface area contributed by atoms with Crippen LogP contribution in [0.4, 0.5) is 5.69 Å². The lowest BCUT2D eigenvalue weighted by Crippen LogP contribution is -2.22. The number of unbranched alkanes of at least 4 members (excludes halogenated alkanes) is 4. The van der Waals surface area contributed by atoms with Crippen molar-refractivity contribution in [2.45, 2.75) is 51.0 Å². The van der Waals surface area contributed by atoms with Crippen LogP contribution in [0.25, 0.3) is 0 Å². The van der Waals surface area contributed by atoms with Crippen LogP contribution < -0.4 is 15.2 Å². The first kappa shape index (κ1) is 33.5. The summed E-state index contributed by atoms with van der Waals surface area (Å²) in [6.07, 6.45) is 6.62. The van der Waals surface area contributed by atoms with E-state index in [1.807, 2.05) is 6.07 Å². The summed E-state index contributed by atoms with van der Waals surface area (Å²) in [5.74, 6) is -1.22. The summed E-state index contributed by atoms with van der Waals surface area (Å²) in [5, 5.41) is 28.1. The number of ether oxygens (including phenoxy) is 1. The molecular formula is C26H39N3O9S2. The third-order valence-electron chi connectivity index (χ3n) is 5.79. The van der Waals surface area contributed by atoms with Gasteiger partial charge >= 0.3 is 16.3 Å². The van der Waals surface area contributed by atoms with Gasteiger partial charge in [0.05, 0.1) is 23.6 Å². The monoisotopic (exact) mass is 601 g/mol. The molecule has 0 aliphatic carbocycles. The normalized spacial score (nSPS) is 12.7. The number of phenolic OH excluding ortho intramolecular Hbond substituents is 1. The van der Waals surface area contributed by atoms with Crippen molar-refractivity contribution in [2.24, 2.45) is 5.14 Å². The average Bonchev–Trinajstić information content (AvgIpc) is 2.86. The Kier molecular flexibility index (Phi) is 13.8.